The molecular formula is C11H22ClN3O2. The third-order valence-electron chi connectivity index (χ3n) is 2.41. The Balaban J connectivity index is 4.08. The van der Waals surface area contributed by atoms with Gasteiger partial charge in [-0.25, -0.2) is 0 Å². The van der Waals surface area contributed by atoms with Gasteiger partial charge < -0.3 is 16.8 Å². The Morgan fingerprint density at radius 1 is 1.12 bits per heavy atom. The molecule has 0 rings (SSSR count). The van der Waals surface area contributed by atoms with Crippen molar-refractivity contribution in [1.82, 2.24) is 5.32 Å². The van der Waals surface area contributed by atoms with Gasteiger partial charge in [-0.1, -0.05) is 0 Å². The molecule has 1 atom stereocenters. The molecule has 17 heavy (non-hydrogen) atoms. The Hall–Kier alpha value is -0.650. The smallest absolute Gasteiger partial charge is 0.220 e. The van der Waals surface area contributed by atoms with Crippen LogP contribution in [0.3, 0.4) is 0 Å². The first-order valence-electron chi connectivity index (χ1n) is 5.93. The van der Waals surface area contributed by atoms with E-state index in [1.54, 1.807) is 0 Å². The zero-order valence-electron chi connectivity index (χ0n) is 10.1. The fraction of sp³-hybridized carbons (Fsp3) is 0.818. The van der Waals surface area contributed by atoms with Crippen LogP contribution in [0.15, 0.2) is 0 Å². The first kappa shape index (κ1) is 16.4. The van der Waals surface area contributed by atoms with Crippen molar-refractivity contribution in [3.63, 3.8) is 0 Å². The number of ketones is 1. The Labute approximate surface area is 107 Å². The van der Waals surface area contributed by atoms with Crippen LogP contribution in [0.4, 0.5) is 0 Å². The number of carbonyl (C=O) groups is 2. The number of nitrogens with two attached hydrogens (primary N) is 2. The fourth-order valence-corrected chi connectivity index (χ4v) is 1.61. The summed E-state index contributed by atoms with van der Waals surface area (Å²) in [6.07, 6.45) is 3.21. The van der Waals surface area contributed by atoms with Gasteiger partial charge in [-0.2, -0.15) is 0 Å². The molecule has 0 aromatic heterocycles. The number of halogens is 1. The Bertz CT molecular complexity index is 237. The van der Waals surface area contributed by atoms with Crippen LogP contribution in [-0.2, 0) is 9.59 Å². The molecule has 5 N–H and O–H groups in total. The first-order valence-corrected chi connectivity index (χ1v) is 6.47. The maximum atomic E-state index is 11.5. The van der Waals surface area contributed by atoms with Gasteiger partial charge in [-0.05, 0) is 38.8 Å². The van der Waals surface area contributed by atoms with Crippen molar-refractivity contribution in [3.05, 3.63) is 0 Å². The minimum atomic E-state index is -0.482. The second-order valence-electron chi connectivity index (χ2n) is 3.90. The third kappa shape index (κ3) is 8.12. The zero-order valence-corrected chi connectivity index (χ0v) is 10.8. The number of amides is 1. The van der Waals surface area contributed by atoms with Crippen molar-refractivity contribution in [2.75, 3.05) is 19.0 Å². The highest BCUT2D eigenvalue weighted by molar-refractivity contribution is 6.28. The average molecular weight is 264 g/mol. The summed E-state index contributed by atoms with van der Waals surface area (Å²) in [6.45, 7) is 1.05. The highest BCUT2D eigenvalue weighted by Crippen LogP contribution is 2.04. The molecule has 0 spiro atoms. The number of rotatable bonds is 10. The molecule has 0 unspecified atom stereocenters. The molecule has 100 valence electrons. The molecule has 0 aliphatic carbocycles. The summed E-state index contributed by atoms with van der Waals surface area (Å²) in [7, 11) is 0. The molecule has 1 amide bonds. The number of Topliss-reactive ketones (excluding diaryl/α,β-unsaturated/α-hetero) is 1. The SMILES string of the molecule is NCCCC[C@H](NC(=O)CCCN)C(=O)CCl. The Morgan fingerprint density at radius 2 is 1.76 bits per heavy atom. The van der Waals surface area contributed by atoms with Crippen molar-refractivity contribution in [2.24, 2.45) is 11.5 Å². The van der Waals surface area contributed by atoms with E-state index in [0.717, 1.165) is 12.8 Å². The molecule has 6 heteroatoms. The van der Waals surface area contributed by atoms with E-state index in [-0.39, 0.29) is 17.6 Å². The molecule has 0 fully saturated rings. The molecular weight excluding hydrogens is 242 g/mol. The normalized spacial score (nSPS) is 12.2. The maximum absolute atomic E-state index is 11.5. The van der Waals surface area contributed by atoms with Crippen molar-refractivity contribution in [3.8, 4) is 0 Å². The molecule has 0 aliphatic rings. The van der Waals surface area contributed by atoms with E-state index in [1.807, 2.05) is 0 Å². The standard InChI is InChI=1S/C11H22ClN3O2/c12-8-10(16)9(4-1-2-6-13)15-11(17)5-3-7-14/h9H,1-8,13-14H2,(H,15,17)/t9-/m0/s1. The van der Waals surface area contributed by atoms with Crippen molar-refractivity contribution < 1.29 is 9.59 Å². The lowest BCUT2D eigenvalue weighted by Gasteiger charge is -2.16. The number of hydrogen-bond donors (Lipinski definition) is 3. The Kier molecular flexibility index (Phi) is 10.1. The van der Waals surface area contributed by atoms with Crippen LogP contribution in [-0.4, -0.2) is 36.7 Å². The summed E-state index contributed by atoms with van der Waals surface area (Å²) < 4.78 is 0. The van der Waals surface area contributed by atoms with E-state index >= 15 is 0 Å². The molecule has 0 heterocycles. The summed E-state index contributed by atoms with van der Waals surface area (Å²) in [6, 6.07) is -0.482. The predicted octanol–water partition coefficient (Wildman–Crippen LogP) is 0.147. The van der Waals surface area contributed by atoms with Gasteiger partial charge >= 0.3 is 0 Å². The third-order valence-corrected chi connectivity index (χ3v) is 2.67. The highest BCUT2D eigenvalue weighted by atomic mass is 35.5. The van der Waals surface area contributed by atoms with Crippen molar-refractivity contribution >= 4 is 23.3 Å². The minimum absolute atomic E-state index is 0.0789. The number of hydrogen-bond acceptors (Lipinski definition) is 4. The van der Waals surface area contributed by atoms with Gasteiger partial charge in [0.15, 0.2) is 5.78 Å². The quantitative estimate of drug-likeness (QED) is 0.386. The molecule has 0 radical (unpaired) electrons. The van der Waals surface area contributed by atoms with E-state index < -0.39 is 6.04 Å². The molecule has 0 saturated carbocycles. The summed E-state index contributed by atoms with van der Waals surface area (Å²) in [5.41, 5.74) is 10.7. The van der Waals surface area contributed by atoms with Crippen molar-refractivity contribution in [2.45, 2.75) is 38.1 Å². The molecule has 0 aromatic carbocycles. The van der Waals surface area contributed by atoms with E-state index in [0.29, 0.717) is 32.4 Å². The Morgan fingerprint density at radius 3 is 2.29 bits per heavy atom. The van der Waals surface area contributed by atoms with E-state index in [4.69, 9.17) is 23.1 Å². The largest absolute Gasteiger partial charge is 0.346 e. The molecule has 5 nitrogen and oxygen atoms in total. The van der Waals surface area contributed by atoms with Gasteiger partial charge in [0.1, 0.15) is 0 Å². The molecule has 0 aromatic rings. The molecule has 0 saturated heterocycles. The fourth-order valence-electron chi connectivity index (χ4n) is 1.43. The topological polar surface area (TPSA) is 98.2 Å². The molecule has 0 bridgehead atoms. The lowest BCUT2D eigenvalue weighted by Crippen LogP contribution is -2.41. The number of alkyl halides is 1. The van der Waals surface area contributed by atoms with Gasteiger partial charge in [0.25, 0.3) is 0 Å². The van der Waals surface area contributed by atoms with Gasteiger partial charge in [0, 0.05) is 6.42 Å². The van der Waals surface area contributed by atoms with E-state index in [2.05, 4.69) is 5.32 Å². The summed E-state index contributed by atoms with van der Waals surface area (Å²) in [5, 5.41) is 2.69. The minimum Gasteiger partial charge on any atom is -0.346 e. The maximum Gasteiger partial charge on any atom is 0.220 e. The predicted molar refractivity (Wildman–Crippen MR) is 68.9 cm³/mol. The lowest BCUT2D eigenvalue weighted by molar-refractivity contribution is -0.126. The monoisotopic (exact) mass is 263 g/mol. The summed E-state index contributed by atoms with van der Waals surface area (Å²) in [4.78, 5) is 23.0. The number of nitrogens with one attached hydrogen (secondary N) is 1. The number of unbranched alkanes of at least 4 members (excludes halogenated alkanes) is 1. The number of carbonyl (C=O) groups excluding carboxylic acids is 2. The van der Waals surface area contributed by atoms with Crippen LogP contribution in [0.1, 0.15) is 32.1 Å². The average Bonchev–Trinajstić information content (AvgIpc) is 2.34. The van der Waals surface area contributed by atoms with Gasteiger partial charge in [-0.15, -0.1) is 11.6 Å². The van der Waals surface area contributed by atoms with Crippen LogP contribution in [0.2, 0.25) is 0 Å². The van der Waals surface area contributed by atoms with Crippen LogP contribution >= 0.6 is 11.6 Å². The highest BCUT2D eigenvalue weighted by Gasteiger charge is 2.18. The summed E-state index contributed by atoms with van der Waals surface area (Å²) in [5.74, 6) is -0.374. The van der Waals surface area contributed by atoms with Gasteiger partial charge in [-0.3, -0.25) is 9.59 Å². The molecule has 0 aliphatic heterocycles. The van der Waals surface area contributed by atoms with Crippen LogP contribution in [0, 0.1) is 0 Å². The lowest BCUT2D eigenvalue weighted by atomic mass is 10.1. The van der Waals surface area contributed by atoms with Crippen molar-refractivity contribution in [1.29, 1.82) is 0 Å². The van der Waals surface area contributed by atoms with Gasteiger partial charge in [0.05, 0.1) is 11.9 Å². The van der Waals surface area contributed by atoms with E-state index in [9.17, 15) is 9.59 Å². The van der Waals surface area contributed by atoms with Crippen LogP contribution < -0.4 is 16.8 Å². The van der Waals surface area contributed by atoms with Crippen LogP contribution in [0.25, 0.3) is 0 Å². The zero-order chi connectivity index (χ0) is 13.1. The second kappa shape index (κ2) is 10.5. The summed E-state index contributed by atoms with van der Waals surface area (Å²) >= 11 is 5.50. The van der Waals surface area contributed by atoms with Gasteiger partial charge in [0.2, 0.25) is 5.91 Å². The first-order chi connectivity index (χ1) is 8.15. The van der Waals surface area contributed by atoms with E-state index in [1.165, 1.54) is 0 Å². The second-order valence-corrected chi connectivity index (χ2v) is 4.16. The van der Waals surface area contributed by atoms with Crippen LogP contribution in [0.5, 0.6) is 0 Å².